The van der Waals surface area contributed by atoms with Crippen LogP contribution in [-0.4, -0.2) is 54.9 Å². The first kappa shape index (κ1) is 46.2. The van der Waals surface area contributed by atoms with Crippen molar-refractivity contribution in [2.24, 2.45) is 5.92 Å². The second-order valence-electron chi connectivity index (χ2n) is 10.2. The summed E-state index contributed by atoms with van der Waals surface area (Å²) in [5.74, 6) is -0.0710. The third-order valence-electron chi connectivity index (χ3n) is 6.62. The first-order valence-corrected chi connectivity index (χ1v) is 17.2. The zero-order chi connectivity index (χ0) is 30.3. The van der Waals surface area contributed by atoms with Crippen molar-refractivity contribution in [1.82, 2.24) is 6.15 Å². The number of allylic oxidation sites excluding steroid dienone is 3. The zero-order valence-electron chi connectivity index (χ0n) is 27.2. The highest BCUT2D eigenvalue weighted by Crippen LogP contribution is 2.33. The van der Waals surface area contributed by atoms with Gasteiger partial charge in [-0.2, -0.15) is 8.42 Å². The molecule has 0 aromatic carbocycles. The summed E-state index contributed by atoms with van der Waals surface area (Å²) < 4.78 is 29.5. The van der Waals surface area contributed by atoms with E-state index >= 15 is 0 Å². The monoisotopic (exact) mass is 595 g/mol. The molecule has 2 unspecified atom stereocenters. The van der Waals surface area contributed by atoms with E-state index in [0.717, 1.165) is 12.8 Å². The van der Waals surface area contributed by atoms with Crippen LogP contribution in [0.4, 0.5) is 0 Å². The Balaban J connectivity index is -0.000000569. The quantitative estimate of drug-likeness (QED) is 0.0870. The summed E-state index contributed by atoms with van der Waals surface area (Å²) in [5.41, 5.74) is 0. The summed E-state index contributed by atoms with van der Waals surface area (Å²) >= 11 is 0. The van der Waals surface area contributed by atoms with Gasteiger partial charge >= 0.3 is 0 Å². The lowest BCUT2D eigenvalue weighted by molar-refractivity contribution is 0.288. The van der Waals surface area contributed by atoms with E-state index in [9.17, 15) is 8.42 Å². The fraction of sp³-hybridized carbons (Fsp3) is 0.875. The molecule has 2 atom stereocenters. The van der Waals surface area contributed by atoms with Crippen molar-refractivity contribution in [2.75, 3.05) is 26.4 Å². The molecule has 244 valence electrons. The Bertz CT molecular complexity index is 635. The molecule has 7 nitrogen and oxygen atoms in total. The summed E-state index contributed by atoms with van der Waals surface area (Å²) in [6, 6.07) is 0. The fourth-order valence-electron chi connectivity index (χ4n) is 4.08. The fourth-order valence-corrected chi connectivity index (χ4v) is 5.45. The van der Waals surface area contributed by atoms with E-state index in [0.29, 0.717) is 6.61 Å². The van der Waals surface area contributed by atoms with Crippen molar-refractivity contribution in [2.45, 2.75) is 149 Å². The van der Waals surface area contributed by atoms with Crippen LogP contribution in [0.15, 0.2) is 24.3 Å². The summed E-state index contributed by atoms with van der Waals surface area (Å²) in [7, 11) is -3.59. The van der Waals surface area contributed by atoms with Crippen molar-refractivity contribution in [3.8, 4) is 0 Å². The SMILES string of the molecule is CCCCCCCCCCCCCCCCCCOS(=O)(=O)C1(C)C=CC=CC1C.CCO.CCO.CCO.N. The van der Waals surface area contributed by atoms with E-state index < -0.39 is 14.9 Å². The van der Waals surface area contributed by atoms with Gasteiger partial charge in [0.2, 0.25) is 0 Å². The number of hydrogen-bond acceptors (Lipinski definition) is 7. The van der Waals surface area contributed by atoms with Crippen LogP contribution in [0.25, 0.3) is 0 Å². The number of rotatable bonds is 19. The van der Waals surface area contributed by atoms with Gasteiger partial charge in [-0.1, -0.05) is 134 Å². The van der Waals surface area contributed by atoms with Crippen LogP contribution in [0.3, 0.4) is 0 Å². The van der Waals surface area contributed by atoms with Gasteiger partial charge in [0.05, 0.1) is 6.61 Å². The second kappa shape index (κ2) is 34.4. The minimum atomic E-state index is -3.59. The number of aliphatic hydroxyl groups excluding tert-OH is 3. The largest absolute Gasteiger partial charge is 0.397 e. The second-order valence-corrected chi connectivity index (χ2v) is 12.3. The van der Waals surface area contributed by atoms with Gasteiger partial charge in [-0.25, -0.2) is 0 Å². The Hall–Kier alpha value is -0.770. The van der Waals surface area contributed by atoms with Crippen LogP contribution < -0.4 is 6.15 Å². The average Bonchev–Trinajstić information content (AvgIpc) is 2.89. The van der Waals surface area contributed by atoms with Gasteiger partial charge in [0, 0.05) is 19.8 Å². The molecule has 0 heterocycles. The van der Waals surface area contributed by atoms with Crippen molar-refractivity contribution in [3.63, 3.8) is 0 Å². The molecule has 0 radical (unpaired) electrons. The first-order valence-electron chi connectivity index (χ1n) is 15.8. The van der Waals surface area contributed by atoms with E-state index in [2.05, 4.69) is 6.92 Å². The summed E-state index contributed by atoms with van der Waals surface area (Å²) in [6.07, 6.45) is 28.4. The van der Waals surface area contributed by atoms with Crippen LogP contribution in [0, 0.1) is 5.92 Å². The number of hydrogen-bond donors (Lipinski definition) is 4. The molecule has 0 aromatic rings. The van der Waals surface area contributed by atoms with Gasteiger partial charge in [0.1, 0.15) is 4.75 Å². The Morgan fingerprint density at radius 3 is 1.30 bits per heavy atom. The molecule has 1 aliphatic carbocycles. The van der Waals surface area contributed by atoms with Crippen LogP contribution in [-0.2, 0) is 14.3 Å². The predicted octanol–water partition coefficient (Wildman–Crippen LogP) is 8.27. The summed E-state index contributed by atoms with van der Waals surface area (Å²) in [5, 5.41) is 22.7. The van der Waals surface area contributed by atoms with Crippen LogP contribution >= 0.6 is 0 Å². The van der Waals surface area contributed by atoms with Crippen LogP contribution in [0.1, 0.15) is 144 Å². The van der Waals surface area contributed by atoms with E-state index in [4.69, 9.17) is 19.5 Å². The normalized spacial score (nSPS) is 17.4. The molecule has 0 aliphatic heterocycles. The van der Waals surface area contributed by atoms with Crippen LogP contribution in [0.5, 0.6) is 0 Å². The molecule has 0 amide bonds. The minimum absolute atomic E-state index is 0. The van der Waals surface area contributed by atoms with E-state index in [1.165, 1.54) is 89.9 Å². The Labute approximate surface area is 249 Å². The smallest absolute Gasteiger partial charge is 0.277 e. The maximum atomic E-state index is 12.6. The molecule has 40 heavy (non-hydrogen) atoms. The van der Waals surface area contributed by atoms with Gasteiger partial charge in [-0.15, -0.1) is 0 Å². The molecular formula is C32H69NO6S. The Morgan fingerprint density at radius 2 is 0.975 bits per heavy atom. The summed E-state index contributed by atoms with van der Waals surface area (Å²) in [4.78, 5) is 0. The topological polar surface area (TPSA) is 139 Å². The molecule has 1 aliphatic rings. The van der Waals surface area contributed by atoms with Gasteiger partial charge in [-0.05, 0) is 40.0 Å². The molecule has 8 heteroatoms. The number of aliphatic hydroxyl groups is 3. The predicted molar refractivity (Wildman–Crippen MR) is 174 cm³/mol. The highest BCUT2D eigenvalue weighted by molar-refractivity contribution is 7.88. The minimum Gasteiger partial charge on any atom is -0.397 e. The molecular weight excluding hydrogens is 526 g/mol. The lowest BCUT2D eigenvalue weighted by Crippen LogP contribution is -2.41. The van der Waals surface area contributed by atoms with Gasteiger partial charge in [0.15, 0.2) is 0 Å². The molecule has 0 saturated carbocycles. The zero-order valence-corrected chi connectivity index (χ0v) is 28.0. The average molecular weight is 596 g/mol. The first-order chi connectivity index (χ1) is 18.7. The van der Waals surface area contributed by atoms with Crippen molar-refractivity contribution < 1.29 is 27.9 Å². The van der Waals surface area contributed by atoms with E-state index in [1.54, 1.807) is 39.8 Å². The standard InChI is InChI=1S/C26H48O3S.3C2H6O.H3N/c1-4-5-6-7-8-9-10-11-12-13-14-15-16-17-18-21-24-29-30(27,28)26(3)23-20-19-22-25(26)2;3*1-2-3;/h19-20,22-23,25H,4-18,21,24H2,1-3H3;3*3H,2H2,1H3;1H3. The molecule has 0 saturated heterocycles. The maximum Gasteiger partial charge on any atom is 0.277 e. The molecule has 6 N–H and O–H groups in total. The van der Waals surface area contributed by atoms with E-state index in [1.807, 2.05) is 19.1 Å². The molecule has 0 spiro atoms. The third kappa shape index (κ3) is 27.4. The third-order valence-corrected chi connectivity index (χ3v) is 8.68. The highest BCUT2D eigenvalue weighted by Gasteiger charge is 2.42. The molecule has 0 bridgehead atoms. The Kier molecular flexibility index (Phi) is 39.8. The van der Waals surface area contributed by atoms with Crippen molar-refractivity contribution in [3.05, 3.63) is 24.3 Å². The van der Waals surface area contributed by atoms with Gasteiger partial charge < -0.3 is 21.5 Å². The Morgan fingerprint density at radius 1 is 0.650 bits per heavy atom. The number of unbranched alkanes of at least 4 members (excludes halogenated alkanes) is 15. The van der Waals surface area contributed by atoms with Crippen LogP contribution in [0.2, 0.25) is 0 Å². The molecule has 1 rings (SSSR count). The molecule has 0 aromatic heterocycles. The van der Waals surface area contributed by atoms with Crippen molar-refractivity contribution >= 4 is 10.1 Å². The van der Waals surface area contributed by atoms with Gasteiger partial charge in [0.25, 0.3) is 10.1 Å². The van der Waals surface area contributed by atoms with Crippen molar-refractivity contribution in [1.29, 1.82) is 0 Å². The van der Waals surface area contributed by atoms with E-state index in [-0.39, 0.29) is 31.9 Å². The molecule has 0 fully saturated rings. The van der Waals surface area contributed by atoms with Gasteiger partial charge in [-0.3, -0.25) is 4.18 Å². The lowest BCUT2D eigenvalue weighted by atomic mass is 9.91. The summed E-state index contributed by atoms with van der Waals surface area (Å²) in [6.45, 7) is 12.0. The lowest BCUT2D eigenvalue weighted by Gasteiger charge is -2.31. The highest BCUT2D eigenvalue weighted by atomic mass is 32.2. The maximum absolute atomic E-state index is 12.6.